The van der Waals surface area contributed by atoms with E-state index in [0.717, 1.165) is 21.3 Å². The number of hydrogen-bond acceptors (Lipinski definition) is 3. The van der Waals surface area contributed by atoms with Crippen molar-refractivity contribution in [3.05, 3.63) is 70.9 Å². The number of carbonyl (C=O) groups is 1. The minimum Gasteiger partial charge on any atom is -0.332 e. The van der Waals surface area contributed by atoms with Gasteiger partial charge in [0.25, 0.3) is 0 Å². The van der Waals surface area contributed by atoms with Crippen LogP contribution in [0.4, 0.5) is 5.69 Å². The highest BCUT2D eigenvalue weighted by Gasteiger charge is 2.04. The van der Waals surface area contributed by atoms with Gasteiger partial charge in [0.1, 0.15) is 0 Å². The Balaban J connectivity index is 1.66. The van der Waals surface area contributed by atoms with Gasteiger partial charge in [0.15, 0.2) is 5.11 Å². The van der Waals surface area contributed by atoms with E-state index in [-0.39, 0.29) is 11.0 Å². The van der Waals surface area contributed by atoms with Crippen LogP contribution in [0, 0.1) is 0 Å². The summed E-state index contributed by atoms with van der Waals surface area (Å²) in [4.78, 5) is 12.9. The van der Waals surface area contributed by atoms with Crippen LogP contribution in [0.2, 0.25) is 0 Å². The summed E-state index contributed by atoms with van der Waals surface area (Å²) in [5.74, 6) is -0.254. The van der Waals surface area contributed by atoms with Gasteiger partial charge in [0.05, 0.1) is 0 Å². The molecular formula is C18H14N2OS2. The number of rotatable bonds is 3. The normalized spacial score (nSPS) is 10.8. The largest absolute Gasteiger partial charge is 0.332 e. The third-order valence-electron chi connectivity index (χ3n) is 3.22. The summed E-state index contributed by atoms with van der Waals surface area (Å²) in [6.45, 7) is 0. The molecule has 0 aliphatic heterocycles. The first kappa shape index (κ1) is 15.4. The first-order chi connectivity index (χ1) is 11.2. The molecule has 0 saturated carbocycles. The van der Waals surface area contributed by atoms with E-state index in [1.165, 1.54) is 6.08 Å². The Bertz CT molecular complexity index is 864. The van der Waals surface area contributed by atoms with Crippen LogP contribution in [0.5, 0.6) is 0 Å². The second-order valence-electron chi connectivity index (χ2n) is 4.82. The molecule has 0 unspecified atom stereocenters. The number of fused-ring (bicyclic) bond motifs is 1. The Morgan fingerprint density at radius 3 is 2.70 bits per heavy atom. The van der Waals surface area contributed by atoms with Crippen LogP contribution in [-0.2, 0) is 4.79 Å². The zero-order valence-corrected chi connectivity index (χ0v) is 13.8. The predicted molar refractivity (Wildman–Crippen MR) is 102 cm³/mol. The fourth-order valence-corrected chi connectivity index (χ4v) is 3.01. The maximum Gasteiger partial charge on any atom is 0.250 e. The third-order valence-corrected chi connectivity index (χ3v) is 4.26. The molecule has 2 aromatic carbocycles. The summed E-state index contributed by atoms with van der Waals surface area (Å²) in [7, 11) is 0. The van der Waals surface area contributed by atoms with E-state index >= 15 is 0 Å². The number of carbonyl (C=O) groups excluding carboxylic acids is 1. The van der Waals surface area contributed by atoms with Crippen LogP contribution in [0.3, 0.4) is 0 Å². The van der Waals surface area contributed by atoms with E-state index in [9.17, 15) is 4.79 Å². The van der Waals surface area contributed by atoms with Gasteiger partial charge in [-0.05, 0) is 41.2 Å². The number of thiophene rings is 1. The second-order valence-corrected chi connectivity index (χ2v) is 6.21. The number of anilines is 1. The zero-order valence-electron chi connectivity index (χ0n) is 12.2. The number of amides is 1. The van der Waals surface area contributed by atoms with Gasteiger partial charge in [-0.3, -0.25) is 10.1 Å². The fourth-order valence-electron chi connectivity index (χ4n) is 2.19. The van der Waals surface area contributed by atoms with Gasteiger partial charge >= 0.3 is 0 Å². The molecule has 1 aromatic heterocycles. The van der Waals surface area contributed by atoms with Crippen molar-refractivity contribution < 1.29 is 4.79 Å². The molecule has 0 atom stereocenters. The van der Waals surface area contributed by atoms with Crippen LogP contribution in [0.1, 0.15) is 4.88 Å². The molecule has 23 heavy (non-hydrogen) atoms. The summed E-state index contributed by atoms with van der Waals surface area (Å²) in [6.07, 6.45) is 3.24. The highest BCUT2D eigenvalue weighted by molar-refractivity contribution is 7.80. The lowest BCUT2D eigenvalue weighted by molar-refractivity contribution is -0.115. The Kier molecular flexibility index (Phi) is 4.80. The first-order valence-corrected chi connectivity index (χ1v) is 8.32. The first-order valence-electron chi connectivity index (χ1n) is 7.04. The van der Waals surface area contributed by atoms with Gasteiger partial charge in [-0.25, -0.2) is 0 Å². The maximum absolute atomic E-state index is 11.9. The van der Waals surface area contributed by atoms with Crippen LogP contribution < -0.4 is 10.6 Å². The Labute approximate surface area is 143 Å². The molecule has 0 saturated heterocycles. The molecule has 1 heterocycles. The zero-order chi connectivity index (χ0) is 16.1. The van der Waals surface area contributed by atoms with Crippen molar-refractivity contribution in [1.29, 1.82) is 0 Å². The highest BCUT2D eigenvalue weighted by atomic mass is 32.1. The van der Waals surface area contributed by atoms with Crippen molar-refractivity contribution in [2.45, 2.75) is 0 Å². The van der Waals surface area contributed by atoms with Gasteiger partial charge < -0.3 is 5.32 Å². The molecule has 0 bridgehead atoms. The van der Waals surface area contributed by atoms with E-state index in [4.69, 9.17) is 12.2 Å². The summed E-state index contributed by atoms with van der Waals surface area (Å²) >= 11 is 6.79. The van der Waals surface area contributed by atoms with E-state index < -0.39 is 0 Å². The highest BCUT2D eigenvalue weighted by Crippen LogP contribution is 2.22. The number of hydrogen-bond donors (Lipinski definition) is 2. The number of thiocarbonyl (C=S) groups is 1. The molecule has 3 nitrogen and oxygen atoms in total. The molecule has 3 aromatic rings. The smallest absolute Gasteiger partial charge is 0.250 e. The molecular weight excluding hydrogens is 324 g/mol. The van der Waals surface area contributed by atoms with E-state index in [1.807, 2.05) is 60.0 Å². The van der Waals surface area contributed by atoms with Crippen molar-refractivity contribution in [3.8, 4) is 0 Å². The molecule has 0 aliphatic rings. The molecule has 114 valence electrons. The lowest BCUT2D eigenvalue weighted by Gasteiger charge is -2.10. The molecule has 0 radical (unpaired) electrons. The van der Waals surface area contributed by atoms with Gasteiger partial charge in [-0.15, -0.1) is 11.3 Å². The lowest BCUT2D eigenvalue weighted by Crippen LogP contribution is -2.32. The Hall–Kier alpha value is -2.50. The summed E-state index contributed by atoms with van der Waals surface area (Å²) in [6, 6.07) is 17.8. The van der Waals surface area contributed by atoms with Crippen LogP contribution in [0.25, 0.3) is 16.8 Å². The summed E-state index contributed by atoms with van der Waals surface area (Å²) in [5, 5.41) is 10.1. The average molecular weight is 338 g/mol. The minimum atomic E-state index is -0.254. The summed E-state index contributed by atoms with van der Waals surface area (Å²) in [5.41, 5.74) is 0.871. The molecule has 2 N–H and O–H groups in total. The summed E-state index contributed by atoms with van der Waals surface area (Å²) < 4.78 is 0. The Morgan fingerprint density at radius 2 is 1.87 bits per heavy atom. The van der Waals surface area contributed by atoms with Gasteiger partial charge in [0.2, 0.25) is 5.91 Å². The van der Waals surface area contributed by atoms with Crippen LogP contribution in [0.15, 0.2) is 66.1 Å². The Morgan fingerprint density at radius 1 is 1.04 bits per heavy atom. The maximum atomic E-state index is 11.9. The average Bonchev–Trinajstić information content (AvgIpc) is 3.07. The molecule has 3 rings (SSSR count). The van der Waals surface area contributed by atoms with E-state index in [0.29, 0.717) is 0 Å². The van der Waals surface area contributed by atoms with Crippen molar-refractivity contribution >= 4 is 57.1 Å². The molecule has 0 spiro atoms. The molecule has 1 amide bonds. The van der Waals surface area contributed by atoms with Crippen molar-refractivity contribution in [1.82, 2.24) is 5.32 Å². The van der Waals surface area contributed by atoms with Crippen LogP contribution >= 0.6 is 23.6 Å². The monoisotopic (exact) mass is 338 g/mol. The van der Waals surface area contributed by atoms with E-state index in [2.05, 4.69) is 10.6 Å². The topological polar surface area (TPSA) is 41.1 Å². The SMILES string of the molecule is O=C(/C=C/c1cccs1)NC(=S)Nc1cccc2ccccc12. The van der Waals surface area contributed by atoms with Gasteiger partial charge in [-0.2, -0.15) is 0 Å². The molecule has 5 heteroatoms. The van der Waals surface area contributed by atoms with Gasteiger partial charge in [-0.1, -0.05) is 42.5 Å². The van der Waals surface area contributed by atoms with Crippen molar-refractivity contribution in [3.63, 3.8) is 0 Å². The standard InChI is InChI=1S/C18H14N2OS2/c21-17(11-10-14-7-4-12-23-14)20-18(22)19-16-9-3-6-13-5-1-2-8-15(13)16/h1-12H,(H2,19,20,21,22)/b11-10+. The number of nitrogens with one attached hydrogen (secondary N) is 2. The predicted octanol–water partition coefficient (Wildman–Crippen LogP) is 4.43. The minimum absolute atomic E-state index is 0.254. The molecule has 0 aliphatic carbocycles. The second kappa shape index (κ2) is 7.17. The van der Waals surface area contributed by atoms with E-state index in [1.54, 1.807) is 17.4 Å². The van der Waals surface area contributed by atoms with Crippen molar-refractivity contribution in [2.24, 2.45) is 0 Å². The quantitative estimate of drug-likeness (QED) is 0.548. The fraction of sp³-hybridized carbons (Fsp3) is 0. The van der Waals surface area contributed by atoms with Gasteiger partial charge in [0, 0.05) is 22.0 Å². The third kappa shape index (κ3) is 4.03. The lowest BCUT2D eigenvalue weighted by atomic mass is 10.1. The van der Waals surface area contributed by atoms with Crippen molar-refractivity contribution in [2.75, 3.05) is 5.32 Å². The van der Waals surface area contributed by atoms with Crippen LogP contribution in [-0.4, -0.2) is 11.0 Å². The molecule has 0 fully saturated rings. The number of benzene rings is 2.